The molecule has 2 heteroatoms. The minimum absolute atomic E-state index is 0.734. The molecule has 0 aliphatic carbocycles. The number of benzene rings is 4. The largest absolute Gasteiger partial charge is 0.494 e. The standard InChI is InChI=1S/C28H23NO/c1-2-17-30-23-11-12-26-22(19-23)15-16-29-28(26)14-13-27-24-9-5-3-7-20(24)18-21-8-4-6-10-25(21)27/h3-16,18-19H,2,17H2,1H3. The summed E-state index contributed by atoms with van der Waals surface area (Å²) in [5, 5.41) is 7.27. The predicted octanol–water partition coefficient (Wildman–Crippen LogP) is 7.50. The summed E-state index contributed by atoms with van der Waals surface area (Å²) in [6.07, 6.45) is 7.20. The summed E-state index contributed by atoms with van der Waals surface area (Å²) in [5.41, 5.74) is 2.19. The second kappa shape index (κ2) is 8.00. The maximum atomic E-state index is 5.79. The number of pyridine rings is 1. The normalized spacial score (nSPS) is 11.6. The lowest BCUT2D eigenvalue weighted by atomic mass is 9.96. The smallest absolute Gasteiger partial charge is 0.119 e. The van der Waals surface area contributed by atoms with Crippen LogP contribution in [0.4, 0.5) is 0 Å². The molecule has 5 aromatic rings. The molecule has 30 heavy (non-hydrogen) atoms. The molecule has 0 aliphatic rings. The van der Waals surface area contributed by atoms with E-state index < -0.39 is 0 Å². The Morgan fingerprint density at radius 2 is 1.43 bits per heavy atom. The van der Waals surface area contributed by atoms with Crippen LogP contribution in [0.5, 0.6) is 5.75 Å². The van der Waals surface area contributed by atoms with Crippen LogP contribution in [-0.2, 0) is 0 Å². The number of fused-ring (bicyclic) bond motifs is 3. The average molecular weight is 389 g/mol. The van der Waals surface area contributed by atoms with Crippen LogP contribution in [0.3, 0.4) is 0 Å². The zero-order valence-electron chi connectivity index (χ0n) is 17.0. The fourth-order valence-electron chi connectivity index (χ4n) is 4.01. The van der Waals surface area contributed by atoms with E-state index in [1.54, 1.807) is 0 Å². The van der Waals surface area contributed by atoms with Gasteiger partial charge >= 0.3 is 0 Å². The van der Waals surface area contributed by atoms with Gasteiger partial charge in [0.15, 0.2) is 0 Å². The molecule has 0 spiro atoms. The number of hydrogen-bond donors (Lipinski definition) is 0. The Hall–Kier alpha value is -3.65. The summed E-state index contributed by atoms with van der Waals surface area (Å²) in [7, 11) is 0. The van der Waals surface area contributed by atoms with Gasteiger partial charge in [0, 0.05) is 11.6 Å². The van der Waals surface area contributed by atoms with Crippen molar-refractivity contribution in [3.05, 3.63) is 96.3 Å². The highest BCUT2D eigenvalue weighted by molar-refractivity contribution is 6.08. The molecular weight excluding hydrogens is 366 g/mol. The summed E-state index contributed by atoms with van der Waals surface area (Å²) < 4.78 is 5.79. The van der Waals surface area contributed by atoms with Crippen LogP contribution in [0, 0.1) is 0 Å². The predicted molar refractivity (Wildman–Crippen MR) is 128 cm³/mol. The Labute approximate surface area is 176 Å². The Morgan fingerprint density at radius 3 is 2.17 bits per heavy atom. The summed E-state index contributed by atoms with van der Waals surface area (Å²) in [4.78, 5) is 4.65. The van der Waals surface area contributed by atoms with Gasteiger partial charge in [0.25, 0.3) is 0 Å². The molecule has 0 fully saturated rings. The molecule has 1 heterocycles. The lowest BCUT2D eigenvalue weighted by Gasteiger charge is -2.09. The molecule has 1 aromatic heterocycles. The first kappa shape index (κ1) is 18.4. The first-order valence-electron chi connectivity index (χ1n) is 10.4. The monoisotopic (exact) mass is 389 g/mol. The zero-order chi connectivity index (χ0) is 20.3. The molecule has 0 atom stereocenters. The van der Waals surface area contributed by atoms with E-state index >= 15 is 0 Å². The second-order valence-corrected chi connectivity index (χ2v) is 7.49. The minimum atomic E-state index is 0.734. The molecule has 0 amide bonds. The highest BCUT2D eigenvalue weighted by Crippen LogP contribution is 2.31. The van der Waals surface area contributed by atoms with Gasteiger partial charge in [-0.2, -0.15) is 0 Å². The Kier molecular flexibility index (Phi) is 4.90. The molecule has 0 unspecified atom stereocenters. The topological polar surface area (TPSA) is 22.1 Å². The van der Waals surface area contributed by atoms with Gasteiger partial charge in [0.2, 0.25) is 0 Å². The van der Waals surface area contributed by atoms with Gasteiger partial charge in [-0.1, -0.05) is 61.5 Å². The quantitative estimate of drug-likeness (QED) is 0.290. The lowest BCUT2D eigenvalue weighted by Crippen LogP contribution is -1.95. The highest BCUT2D eigenvalue weighted by atomic mass is 16.5. The van der Waals surface area contributed by atoms with Crippen molar-refractivity contribution in [2.24, 2.45) is 0 Å². The van der Waals surface area contributed by atoms with Crippen LogP contribution in [0.2, 0.25) is 0 Å². The molecule has 4 aromatic carbocycles. The molecule has 0 aliphatic heterocycles. The Balaban J connectivity index is 1.63. The van der Waals surface area contributed by atoms with Crippen LogP contribution >= 0.6 is 0 Å². The van der Waals surface area contributed by atoms with Gasteiger partial charge in [-0.15, -0.1) is 0 Å². The molecule has 0 bridgehead atoms. The minimum Gasteiger partial charge on any atom is -0.494 e. The van der Waals surface area contributed by atoms with E-state index in [-0.39, 0.29) is 0 Å². The van der Waals surface area contributed by atoms with Crippen LogP contribution in [-0.4, -0.2) is 11.6 Å². The third-order valence-electron chi connectivity index (χ3n) is 5.46. The van der Waals surface area contributed by atoms with E-state index in [0.29, 0.717) is 0 Å². The van der Waals surface area contributed by atoms with Crippen LogP contribution < -0.4 is 4.74 Å². The van der Waals surface area contributed by atoms with Crippen molar-refractivity contribution in [3.63, 3.8) is 0 Å². The van der Waals surface area contributed by atoms with Crippen molar-refractivity contribution < 1.29 is 4.74 Å². The van der Waals surface area contributed by atoms with E-state index in [1.807, 2.05) is 18.3 Å². The number of ether oxygens (including phenoxy) is 1. The van der Waals surface area contributed by atoms with E-state index in [0.717, 1.165) is 35.2 Å². The molecule has 0 saturated carbocycles. The fourth-order valence-corrected chi connectivity index (χ4v) is 4.01. The number of nitrogens with zero attached hydrogens (tertiary/aromatic N) is 1. The first-order chi connectivity index (χ1) is 14.8. The molecule has 0 saturated heterocycles. The molecule has 0 radical (unpaired) electrons. The number of rotatable bonds is 5. The lowest BCUT2D eigenvalue weighted by molar-refractivity contribution is 0.318. The average Bonchev–Trinajstić information content (AvgIpc) is 2.80. The van der Waals surface area contributed by atoms with E-state index in [9.17, 15) is 0 Å². The second-order valence-electron chi connectivity index (χ2n) is 7.49. The zero-order valence-corrected chi connectivity index (χ0v) is 17.0. The van der Waals surface area contributed by atoms with Gasteiger partial charge < -0.3 is 4.74 Å². The molecule has 2 nitrogen and oxygen atoms in total. The van der Waals surface area contributed by atoms with Crippen molar-refractivity contribution in [1.29, 1.82) is 0 Å². The highest BCUT2D eigenvalue weighted by Gasteiger charge is 2.06. The van der Waals surface area contributed by atoms with Gasteiger partial charge in [-0.25, -0.2) is 0 Å². The van der Waals surface area contributed by atoms with Gasteiger partial charge in [-0.05, 0) is 75.3 Å². The van der Waals surface area contributed by atoms with Gasteiger partial charge in [0.05, 0.1) is 12.3 Å². The molecule has 146 valence electrons. The third kappa shape index (κ3) is 3.42. The van der Waals surface area contributed by atoms with Crippen LogP contribution in [0.25, 0.3) is 44.5 Å². The summed E-state index contributed by atoms with van der Waals surface area (Å²) >= 11 is 0. The number of aromatic nitrogens is 1. The summed E-state index contributed by atoms with van der Waals surface area (Å²) in [6.45, 7) is 2.85. The first-order valence-corrected chi connectivity index (χ1v) is 10.4. The SMILES string of the molecule is CCCOc1ccc2c(C=Cc3c4ccccc4cc4ccccc34)nccc2c1. The maximum Gasteiger partial charge on any atom is 0.119 e. The van der Waals surface area contributed by atoms with Crippen molar-refractivity contribution in [2.75, 3.05) is 6.61 Å². The Bertz CT molecular complexity index is 1330. The van der Waals surface area contributed by atoms with Crippen molar-refractivity contribution in [3.8, 4) is 5.75 Å². The van der Waals surface area contributed by atoms with Crippen molar-refractivity contribution in [1.82, 2.24) is 4.98 Å². The van der Waals surface area contributed by atoms with Crippen LogP contribution in [0.1, 0.15) is 24.6 Å². The number of hydrogen-bond acceptors (Lipinski definition) is 2. The van der Waals surface area contributed by atoms with Crippen molar-refractivity contribution in [2.45, 2.75) is 13.3 Å². The molecular formula is C28H23NO. The van der Waals surface area contributed by atoms with Gasteiger partial charge in [-0.3, -0.25) is 4.98 Å². The van der Waals surface area contributed by atoms with Crippen LogP contribution in [0.15, 0.2) is 85.1 Å². The van der Waals surface area contributed by atoms with E-state index in [4.69, 9.17) is 4.74 Å². The maximum absolute atomic E-state index is 5.79. The van der Waals surface area contributed by atoms with E-state index in [1.165, 1.54) is 27.1 Å². The molecule has 5 rings (SSSR count). The Morgan fingerprint density at radius 1 is 0.733 bits per heavy atom. The van der Waals surface area contributed by atoms with Gasteiger partial charge in [0.1, 0.15) is 5.75 Å². The van der Waals surface area contributed by atoms with E-state index in [2.05, 4.69) is 90.8 Å². The molecule has 0 N–H and O–H groups in total. The third-order valence-corrected chi connectivity index (χ3v) is 5.46. The van der Waals surface area contributed by atoms with Crippen molar-refractivity contribution >= 4 is 44.5 Å². The fraction of sp³-hybridized carbons (Fsp3) is 0.107. The summed E-state index contributed by atoms with van der Waals surface area (Å²) in [6, 6.07) is 27.6. The summed E-state index contributed by atoms with van der Waals surface area (Å²) in [5.74, 6) is 0.908.